The third-order valence-electron chi connectivity index (χ3n) is 11.7. The van der Waals surface area contributed by atoms with Crippen molar-refractivity contribution in [1.29, 1.82) is 0 Å². The van der Waals surface area contributed by atoms with E-state index in [0.717, 1.165) is 70.6 Å². The molecule has 0 bridgehead atoms. The van der Waals surface area contributed by atoms with Gasteiger partial charge in [0.15, 0.2) is 0 Å². The van der Waals surface area contributed by atoms with E-state index in [0.29, 0.717) is 17.4 Å². The maximum Gasteiger partial charge on any atom is 0.472 e. The van der Waals surface area contributed by atoms with Gasteiger partial charge in [0.05, 0.1) is 33.8 Å². The van der Waals surface area contributed by atoms with Gasteiger partial charge in [-0.25, -0.2) is 4.57 Å². The number of carbonyl (C=O) groups excluding carboxylic acids is 2. The summed E-state index contributed by atoms with van der Waals surface area (Å²) in [4.78, 5) is 37.4. The minimum atomic E-state index is -4.46. The lowest BCUT2D eigenvalue weighted by atomic mass is 10.1. The number of phosphoric acid groups is 1. The molecular weight excluding hydrogens is 844 g/mol. The van der Waals surface area contributed by atoms with Crippen molar-refractivity contribution in [3.63, 3.8) is 0 Å². The molecule has 0 aromatic heterocycles. The number of hydrogen-bond acceptors (Lipinski definition) is 6. The predicted octanol–water partition coefficient (Wildman–Crippen LogP) is 15.9. The molecule has 0 rings (SSSR count). The molecule has 66 heavy (non-hydrogen) atoms. The number of unbranched alkanes of at least 4 members (excludes halogenated alkanes) is 25. The second kappa shape index (κ2) is 46.4. The van der Waals surface area contributed by atoms with Gasteiger partial charge in [-0.2, -0.15) is 0 Å². The van der Waals surface area contributed by atoms with Crippen molar-refractivity contribution in [3.8, 4) is 0 Å². The van der Waals surface area contributed by atoms with Crippen LogP contribution in [-0.2, 0) is 27.9 Å². The first-order valence-electron chi connectivity index (χ1n) is 27.1. The van der Waals surface area contributed by atoms with E-state index in [4.69, 9.17) is 13.8 Å². The summed E-state index contributed by atoms with van der Waals surface area (Å²) in [7, 11) is 1.45. The van der Waals surface area contributed by atoms with Crippen molar-refractivity contribution >= 4 is 19.7 Å². The fraction of sp³-hybridized carbons (Fsp3) is 0.786. The Labute approximate surface area is 407 Å². The Bertz CT molecular complexity index is 1320. The normalized spacial score (nSPS) is 14.3. The highest BCUT2D eigenvalue weighted by Crippen LogP contribution is 2.43. The number of phosphoric ester groups is 1. The summed E-state index contributed by atoms with van der Waals surface area (Å²) in [6, 6.07) is -0.882. The van der Waals surface area contributed by atoms with Gasteiger partial charge < -0.3 is 19.4 Å². The number of esters is 1. The van der Waals surface area contributed by atoms with Crippen molar-refractivity contribution in [2.24, 2.45) is 0 Å². The van der Waals surface area contributed by atoms with E-state index in [-0.39, 0.29) is 37.9 Å². The third-order valence-corrected chi connectivity index (χ3v) is 12.7. The van der Waals surface area contributed by atoms with Crippen LogP contribution in [0, 0.1) is 0 Å². The zero-order valence-corrected chi connectivity index (χ0v) is 44.6. The van der Waals surface area contributed by atoms with Gasteiger partial charge >= 0.3 is 13.8 Å². The molecule has 0 heterocycles. The van der Waals surface area contributed by atoms with E-state index < -0.39 is 20.0 Å². The summed E-state index contributed by atoms with van der Waals surface area (Å²) in [5.41, 5.74) is 0. The zero-order valence-electron chi connectivity index (χ0n) is 43.7. The molecular formula is C56H104N2O7P+. The van der Waals surface area contributed by atoms with Crippen LogP contribution in [0.5, 0.6) is 0 Å². The molecule has 2 N–H and O–H groups in total. The Morgan fingerprint density at radius 1 is 0.545 bits per heavy atom. The first-order valence-corrected chi connectivity index (χ1v) is 28.6. The first kappa shape index (κ1) is 63.7. The Balaban J connectivity index is 5.50. The Morgan fingerprint density at radius 2 is 0.985 bits per heavy atom. The molecule has 3 unspecified atom stereocenters. The number of hydrogen-bond donors (Lipinski definition) is 2. The smallest absolute Gasteiger partial charge is 0.456 e. The summed E-state index contributed by atoms with van der Waals surface area (Å²) in [6.07, 6.45) is 56.6. The van der Waals surface area contributed by atoms with E-state index >= 15 is 0 Å². The van der Waals surface area contributed by atoms with Crippen LogP contribution in [0.2, 0.25) is 0 Å². The largest absolute Gasteiger partial charge is 0.472 e. The van der Waals surface area contributed by atoms with E-state index in [1.165, 1.54) is 122 Å². The number of nitrogens with one attached hydrogen (secondary N) is 1. The second-order valence-electron chi connectivity index (χ2n) is 19.4. The van der Waals surface area contributed by atoms with Crippen LogP contribution >= 0.6 is 7.82 Å². The highest BCUT2D eigenvalue weighted by molar-refractivity contribution is 7.47. The minimum absolute atomic E-state index is 0.0277. The number of carbonyl (C=O) groups is 2. The Morgan fingerprint density at radius 3 is 1.52 bits per heavy atom. The summed E-state index contributed by atoms with van der Waals surface area (Å²) in [5.74, 6) is -0.598. The molecule has 384 valence electrons. The number of amides is 1. The molecule has 0 saturated carbocycles. The Kier molecular flexibility index (Phi) is 44.8. The molecule has 0 spiro atoms. The molecule has 0 fully saturated rings. The lowest BCUT2D eigenvalue weighted by Crippen LogP contribution is -2.47. The number of likely N-dealkylation sites (N-methyl/N-ethyl adjacent to an activating group) is 1. The van der Waals surface area contributed by atoms with Crippen molar-refractivity contribution in [2.45, 2.75) is 245 Å². The van der Waals surface area contributed by atoms with Gasteiger partial charge in [-0.05, 0) is 76.7 Å². The van der Waals surface area contributed by atoms with E-state index in [1.54, 1.807) is 0 Å². The zero-order chi connectivity index (χ0) is 48.7. The highest BCUT2D eigenvalue weighted by Gasteiger charge is 2.30. The van der Waals surface area contributed by atoms with Gasteiger partial charge in [-0.3, -0.25) is 18.6 Å². The molecule has 0 aromatic carbocycles. The molecule has 0 aromatic rings. The van der Waals surface area contributed by atoms with Crippen molar-refractivity contribution in [2.75, 3.05) is 40.9 Å². The molecule has 9 nitrogen and oxygen atoms in total. The van der Waals surface area contributed by atoms with Crippen LogP contribution in [0.15, 0.2) is 60.8 Å². The number of quaternary nitrogens is 1. The van der Waals surface area contributed by atoms with Crippen molar-refractivity contribution in [1.82, 2.24) is 5.32 Å². The molecule has 3 atom stereocenters. The maximum atomic E-state index is 13.4. The molecule has 0 aliphatic carbocycles. The molecule has 0 saturated heterocycles. The monoisotopic (exact) mass is 948 g/mol. The third kappa shape index (κ3) is 46.8. The minimum Gasteiger partial charge on any atom is -0.456 e. The van der Waals surface area contributed by atoms with E-state index in [2.05, 4.69) is 68.6 Å². The lowest BCUT2D eigenvalue weighted by Gasteiger charge is -2.27. The first-order chi connectivity index (χ1) is 31.9. The Hall–Kier alpha value is -2.29. The summed E-state index contributed by atoms with van der Waals surface area (Å²) in [6.45, 7) is 6.90. The van der Waals surface area contributed by atoms with Gasteiger partial charge in [0, 0.05) is 12.8 Å². The van der Waals surface area contributed by atoms with Crippen LogP contribution in [0.25, 0.3) is 0 Å². The summed E-state index contributed by atoms with van der Waals surface area (Å²) < 4.78 is 30.5. The average Bonchev–Trinajstić information content (AvgIpc) is 3.27. The summed E-state index contributed by atoms with van der Waals surface area (Å²) >= 11 is 0. The second-order valence-corrected chi connectivity index (χ2v) is 20.9. The van der Waals surface area contributed by atoms with Crippen molar-refractivity contribution in [3.05, 3.63) is 60.8 Å². The van der Waals surface area contributed by atoms with Gasteiger partial charge in [-0.15, -0.1) is 0 Å². The SMILES string of the molecule is CCCCC/C=C/C=C/CCCCCCCCC(=O)OC(/C=C/CCCCCCCCCCCC)C(COP(=O)(O)OCC[N+](C)(C)C)NC(=O)CC/C=C/C/C=C\CCCCCCCC. The fourth-order valence-corrected chi connectivity index (χ4v) is 8.19. The molecule has 0 aliphatic heterocycles. The number of allylic oxidation sites excluding steroid dienone is 9. The van der Waals surface area contributed by atoms with Crippen molar-refractivity contribution < 1.29 is 37.3 Å². The van der Waals surface area contributed by atoms with Gasteiger partial charge in [0.1, 0.15) is 19.3 Å². The van der Waals surface area contributed by atoms with Crippen LogP contribution in [0.4, 0.5) is 0 Å². The number of rotatable bonds is 48. The van der Waals surface area contributed by atoms with Crippen LogP contribution in [0.1, 0.15) is 233 Å². The van der Waals surface area contributed by atoms with E-state index in [1.807, 2.05) is 39.4 Å². The highest BCUT2D eigenvalue weighted by atomic mass is 31.2. The predicted molar refractivity (Wildman–Crippen MR) is 282 cm³/mol. The van der Waals surface area contributed by atoms with Gasteiger partial charge in [0.25, 0.3) is 0 Å². The lowest BCUT2D eigenvalue weighted by molar-refractivity contribution is -0.870. The van der Waals surface area contributed by atoms with E-state index in [9.17, 15) is 19.0 Å². The van der Waals surface area contributed by atoms with Crippen LogP contribution in [0.3, 0.4) is 0 Å². The summed E-state index contributed by atoms with van der Waals surface area (Å²) in [5, 5.41) is 2.99. The number of ether oxygens (including phenoxy) is 1. The molecule has 0 radical (unpaired) electrons. The quantitative estimate of drug-likeness (QED) is 0.0156. The molecule has 10 heteroatoms. The maximum absolute atomic E-state index is 13.4. The van der Waals surface area contributed by atoms with Crippen LogP contribution < -0.4 is 5.32 Å². The average molecular weight is 948 g/mol. The standard InChI is InChI=1S/C56H103N2O7P/c1-7-10-13-16-19-22-25-28-29-31-34-37-40-43-46-49-56(60)65-54(47-44-41-38-35-32-27-24-21-18-15-12-9-3)53(52-64-66(61,62)63-51-50-58(4,5)6)57-55(59)48-45-42-39-36-33-30-26-23-20-17-14-11-8-2/h19,22,25,28,30,33,39,42,44,47,53-54H,7-18,20-21,23-24,26-27,29,31-32,34-38,40-41,43,45-46,48-52H2,1-6H3,(H-,57,59,61,62)/p+1/b22-19+,28-25+,33-30-,42-39+,47-44+. The topological polar surface area (TPSA) is 111 Å². The van der Waals surface area contributed by atoms with Gasteiger partial charge in [-0.1, -0.05) is 204 Å². The van der Waals surface area contributed by atoms with Gasteiger partial charge in [0.2, 0.25) is 5.91 Å². The van der Waals surface area contributed by atoms with Crippen LogP contribution in [-0.4, -0.2) is 74.3 Å². The molecule has 0 aliphatic rings. The number of nitrogens with zero attached hydrogens (tertiary/aromatic N) is 1. The fourth-order valence-electron chi connectivity index (χ4n) is 7.45. The molecule has 1 amide bonds.